The second-order valence-electron chi connectivity index (χ2n) is 5.92. The van der Waals surface area contributed by atoms with Crippen molar-refractivity contribution in [2.75, 3.05) is 45.1 Å². The molecule has 0 amide bonds. The summed E-state index contributed by atoms with van der Waals surface area (Å²) in [6, 6.07) is 8.41. The second kappa shape index (κ2) is 7.53. The van der Waals surface area contributed by atoms with E-state index in [9.17, 15) is 8.42 Å². The molecule has 2 fully saturated rings. The zero-order chi connectivity index (χ0) is 16.3. The third-order valence-corrected chi connectivity index (χ3v) is 7.80. The van der Waals surface area contributed by atoms with E-state index >= 15 is 0 Å². The molecule has 0 radical (unpaired) electrons. The fourth-order valence-corrected chi connectivity index (χ4v) is 6.16. The highest BCUT2D eigenvalue weighted by atomic mass is 32.2. The minimum Gasteiger partial charge on any atom is -0.379 e. The average molecular weight is 357 g/mol. The van der Waals surface area contributed by atoms with Crippen LogP contribution in [0.3, 0.4) is 0 Å². The quantitative estimate of drug-likeness (QED) is 0.832. The van der Waals surface area contributed by atoms with Crippen LogP contribution in [0.4, 0.5) is 0 Å². The summed E-state index contributed by atoms with van der Waals surface area (Å²) >= 11 is 1.87. The van der Waals surface area contributed by atoms with E-state index in [1.165, 1.54) is 11.1 Å². The van der Waals surface area contributed by atoms with E-state index in [1.807, 2.05) is 11.8 Å². The van der Waals surface area contributed by atoms with Gasteiger partial charge in [-0.1, -0.05) is 24.3 Å². The van der Waals surface area contributed by atoms with Gasteiger partial charge in [-0.25, -0.2) is 0 Å². The van der Waals surface area contributed by atoms with Crippen molar-refractivity contribution in [3.8, 4) is 0 Å². The van der Waals surface area contributed by atoms with Crippen LogP contribution in [0.1, 0.15) is 22.8 Å². The van der Waals surface area contributed by atoms with Gasteiger partial charge in [0.2, 0.25) is 0 Å². The lowest BCUT2D eigenvalue weighted by Crippen LogP contribution is -2.49. The minimum absolute atomic E-state index is 0.376. The summed E-state index contributed by atoms with van der Waals surface area (Å²) in [5.41, 5.74) is 2.62. The van der Waals surface area contributed by atoms with Gasteiger partial charge >= 0.3 is 0 Å². The number of hydrogen-bond donors (Lipinski definition) is 0. The van der Waals surface area contributed by atoms with Gasteiger partial charge in [0.15, 0.2) is 0 Å². The molecule has 2 aliphatic heterocycles. The summed E-state index contributed by atoms with van der Waals surface area (Å²) in [4.78, 5) is 0. The van der Waals surface area contributed by atoms with E-state index in [4.69, 9.17) is 4.74 Å². The molecule has 2 heterocycles. The first-order chi connectivity index (χ1) is 11.1. The molecule has 128 valence electrons. The first kappa shape index (κ1) is 17.2. The molecule has 7 heteroatoms. The maximum atomic E-state index is 12.8. The zero-order valence-corrected chi connectivity index (χ0v) is 15.1. The Bertz CT molecular complexity index is 630. The first-order valence-corrected chi connectivity index (χ1v) is 10.5. The number of nitrogens with zero attached hydrogens (tertiary/aromatic N) is 2. The molecule has 0 spiro atoms. The molecule has 5 nitrogen and oxygen atoms in total. The van der Waals surface area contributed by atoms with Gasteiger partial charge in [0, 0.05) is 37.2 Å². The summed E-state index contributed by atoms with van der Waals surface area (Å²) in [5, 5.41) is 0.376. The van der Waals surface area contributed by atoms with Crippen molar-refractivity contribution in [3.05, 3.63) is 35.4 Å². The van der Waals surface area contributed by atoms with E-state index in [1.54, 1.807) is 8.61 Å². The average Bonchev–Trinajstić information content (AvgIpc) is 2.83. The smallest absolute Gasteiger partial charge is 0.282 e. The van der Waals surface area contributed by atoms with E-state index in [2.05, 4.69) is 31.2 Å². The summed E-state index contributed by atoms with van der Waals surface area (Å²) < 4.78 is 34.1. The van der Waals surface area contributed by atoms with Crippen molar-refractivity contribution in [1.82, 2.24) is 8.61 Å². The topological polar surface area (TPSA) is 49.9 Å². The molecular formula is C16H24N2O3S2. The van der Waals surface area contributed by atoms with Crippen LogP contribution in [-0.4, -0.2) is 62.2 Å². The van der Waals surface area contributed by atoms with Crippen LogP contribution < -0.4 is 0 Å². The number of thioether (sulfide) groups is 1. The fourth-order valence-electron chi connectivity index (χ4n) is 3.12. The predicted octanol–water partition coefficient (Wildman–Crippen LogP) is 2.05. The number of morpholine rings is 1. The second-order valence-corrected chi connectivity index (χ2v) is 9.16. The number of hydrogen-bond acceptors (Lipinski definition) is 4. The van der Waals surface area contributed by atoms with Crippen LogP contribution in [0.15, 0.2) is 24.3 Å². The Balaban J connectivity index is 1.70. The van der Waals surface area contributed by atoms with Crippen molar-refractivity contribution in [2.24, 2.45) is 0 Å². The molecule has 1 atom stereocenters. The molecule has 0 aliphatic carbocycles. The van der Waals surface area contributed by atoms with Gasteiger partial charge in [-0.2, -0.15) is 28.8 Å². The number of ether oxygens (including phenoxy) is 1. The van der Waals surface area contributed by atoms with E-state index in [0.29, 0.717) is 44.6 Å². The molecule has 0 bridgehead atoms. The molecule has 23 heavy (non-hydrogen) atoms. The van der Waals surface area contributed by atoms with Crippen molar-refractivity contribution >= 4 is 22.0 Å². The van der Waals surface area contributed by atoms with Gasteiger partial charge in [-0.3, -0.25) is 0 Å². The molecule has 1 unspecified atom stereocenters. The van der Waals surface area contributed by atoms with Crippen molar-refractivity contribution in [2.45, 2.75) is 18.6 Å². The Morgan fingerprint density at radius 3 is 2.52 bits per heavy atom. The number of benzene rings is 1. The SMILES string of the molecule is Cc1ccccc1C1CCN(S(=O)(=O)N2CCOCC2)CCS1. The largest absolute Gasteiger partial charge is 0.379 e. The Hall–Kier alpha value is -0.600. The Kier molecular flexibility index (Phi) is 5.64. The standard InChI is InChI=1S/C16H24N2O3S2/c1-14-4-2-3-5-15(14)16-6-7-17(10-13-22-16)23(19,20)18-8-11-21-12-9-18/h2-5,16H,6-13H2,1H3. The van der Waals surface area contributed by atoms with Crippen molar-refractivity contribution in [3.63, 3.8) is 0 Å². The van der Waals surface area contributed by atoms with Crippen molar-refractivity contribution < 1.29 is 13.2 Å². The molecule has 1 aromatic carbocycles. The predicted molar refractivity (Wildman–Crippen MR) is 93.9 cm³/mol. The van der Waals surface area contributed by atoms with Crippen LogP contribution in [0.25, 0.3) is 0 Å². The van der Waals surface area contributed by atoms with Crippen LogP contribution in [0.2, 0.25) is 0 Å². The molecule has 2 aliphatic rings. The normalized spacial score (nSPS) is 25.2. The highest BCUT2D eigenvalue weighted by molar-refractivity contribution is 7.99. The highest BCUT2D eigenvalue weighted by Gasteiger charge is 2.33. The maximum absolute atomic E-state index is 12.8. The minimum atomic E-state index is -3.35. The van der Waals surface area contributed by atoms with Gasteiger partial charge < -0.3 is 4.74 Å². The number of rotatable bonds is 3. The molecule has 0 N–H and O–H groups in total. The van der Waals surface area contributed by atoms with E-state index < -0.39 is 10.2 Å². The number of aryl methyl sites for hydroxylation is 1. The summed E-state index contributed by atoms with van der Waals surface area (Å²) in [6.07, 6.45) is 0.860. The first-order valence-electron chi connectivity index (χ1n) is 8.09. The zero-order valence-electron chi connectivity index (χ0n) is 13.5. The molecule has 1 aromatic rings. The highest BCUT2D eigenvalue weighted by Crippen LogP contribution is 2.36. The lowest BCUT2D eigenvalue weighted by Gasteiger charge is -2.31. The summed E-state index contributed by atoms with van der Waals surface area (Å²) in [7, 11) is -3.35. The van der Waals surface area contributed by atoms with Gasteiger partial charge in [0.1, 0.15) is 0 Å². The Morgan fingerprint density at radius 1 is 1.09 bits per heavy atom. The van der Waals surface area contributed by atoms with Crippen LogP contribution in [-0.2, 0) is 14.9 Å². The summed E-state index contributed by atoms with van der Waals surface area (Å²) in [6.45, 7) is 5.23. The lowest BCUT2D eigenvalue weighted by atomic mass is 10.0. The van der Waals surface area contributed by atoms with Gasteiger partial charge in [-0.05, 0) is 24.5 Å². The maximum Gasteiger partial charge on any atom is 0.282 e. The van der Waals surface area contributed by atoms with Crippen LogP contribution in [0, 0.1) is 6.92 Å². The van der Waals surface area contributed by atoms with E-state index in [0.717, 1.165) is 12.2 Å². The third-order valence-electron chi connectivity index (χ3n) is 4.46. The fraction of sp³-hybridized carbons (Fsp3) is 0.625. The van der Waals surface area contributed by atoms with Gasteiger partial charge in [0.05, 0.1) is 13.2 Å². The molecule has 0 aromatic heterocycles. The molecule has 3 rings (SSSR count). The Morgan fingerprint density at radius 2 is 1.78 bits per heavy atom. The summed E-state index contributed by atoms with van der Waals surface area (Å²) in [5.74, 6) is 0.836. The molecule has 0 saturated carbocycles. The third kappa shape index (κ3) is 3.91. The van der Waals surface area contributed by atoms with Crippen LogP contribution >= 0.6 is 11.8 Å². The lowest BCUT2D eigenvalue weighted by molar-refractivity contribution is 0.0703. The Labute approximate surface area is 143 Å². The van der Waals surface area contributed by atoms with Crippen molar-refractivity contribution in [1.29, 1.82) is 0 Å². The van der Waals surface area contributed by atoms with Crippen LogP contribution in [0.5, 0.6) is 0 Å². The van der Waals surface area contributed by atoms with Gasteiger partial charge in [-0.15, -0.1) is 0 Å². The molecular weight excluding hydrogens is 332 g/mol. The molecule has 2 saturated heterocycles. The van der Waals surface area contributed by atoms with E-state index in [-0.39, 0.29) is 0 Å². The monoisotopic (exact) mass is 356 g/mol. The van der Waals surface area contributed by atoms with Gasteiger partial charge in [0.25, 0.3) is 10.2 Å².